The molecule has 0 fully saturated rings. The molecule has 78 valence electrons. The number of aromatic amines is 1. The van der Waals surface area contributed by atoms with Crippen LogP contribution >= 0.6 is 0 Å². The lowest BCUT2D eigenvalue weighted by Gasteiger charge is -2.01. The molecule has 0 aliphatic rings. The highest BCUT2D eigenvalue weighted by atomic mass is 16.1. The molecule has 0 aliphatic heterocycles. The van der Waals surface area contributed by atoms with Gasteiger partial charge in [-0.1, -0.05) is 30.3 Å². The summed E-state index contributed by atoms with van der Waals surface area (Å²) in [6.45, 7) is 2.59. The van der Waals surface area contributed by atoms with E-state index in [1.54, 1.807) is 10.7 Å². The number of hydrogen-bond acceptors (Lipinski definition) is 1. The number of benzene rings is 1. The Kier molecular flexibility index (Phi) is 2.72. The molecule has 0 atom stereocenters. The molecule has 1 N–H and O–H groups in total. The van der Waals surface area contributed by atoms with Gasteiger partial charge in [-0.05, 0) is 18.9 Å². The zero-order valence-corrected chi connectivity index (χ0v) is 8.73. The standard InChI is InChI=1S/C12H14N2O/c1-10-9-12(15)14(13-10)8-7-11-5-3-2-4-6-11/h2-6,9,13H,7-8H2,1H3. The Balaban J connectivity index is 2.05. The Bertz CT molecular complexity index is 482. The quantitative estimate of drug-likeness (QED) is 0.808. The van der Waals surface area contributed by atoms with Crippen LogP contribution in [0.4, 0.5) is 0 Å². The SMILES string of the molecule is Cc1cc(=O)n(CCc2ccccc2)[nH]1. The van der Waals surface area contributed by atoms with Gasteiger partial charge in [-0.15, -0.1) is 0 Å². The number of nitrogens with zero attached hydrogens (tertiary/aromatic N) is 1. The lowest BCUT2D eigenvalue weighted by molar-refractivity contribution is 0.592. The molecule has 1 aromatic heterocycles. The first-order chi connectivity index (χ1) is 7.25. The van der Waals surface area contributed by atoms with Crippen LogP contribution < -0.4 is 5.56 Å². The molecule has 0 bridgehead atoms. The van der Waals surface area contributed by atoms with Crippen molar-refractivity contribution in [2.24, 2.45) is 0 Å². The van der Waals surface area contributed by atoms with E-state index in [0.717, 1.165) is 12.1 Å². The zero-order chi connectivity index (χ0) is 10.7. The van der Waals surface area contributed by atoms with Crippen molar-refractivity contribution in [3.63, 3.8) is 0 Å². The molecular formula is C12H14N2O. The maximum atomic E-state index is 11.4. The van der Waals surface area contributed by atoms with Crippen LogP contribution in [0.2, 0.25) is 0 Å². The van der Waals surface area contributed by atoms with Crippen molar-refractivity contribution in [3.8, 4) is 0 Å². The van der Waals surface area contributed by atoms with Crippen LogP contribution in [0.5, 0.6) is 0 Å². The Morgan fingerprint density at radius 1 is 1.27 bits per heavy atom. The fourth-order valence-corrected chi connectivity index (χ4v) is 1.62. The van der Waals surface area contributed by atoms with Crippen LogP contribution in [0.3, 0.4) is 0 Å². The van der Waals surface area contributed by atoms with E-state index in [1.165, 1.54) is 5.56 Å². The van der Waals surface area contributed by atoms with E-state index in [-0.39, 0.29) is 5.56 Å². The fourth-order valence-electron chi connectivity index (χ4n) is 1.62. The van der Waals surface area contributed by atoms with E-state index < -0.39 is 0 Å². The van der Waals surface area contributed by atoms with E-state index in [2.05, 4.69) is 17.2 Å². The second kappa shape index (κ2) is 4.17. The third-order valence-electron chi connectivity index (χ3n) is 2.38. The molecule has 15 heavy (non-hydrogen) atoms. The van der Waals surface area contributed by atoms with Crippen molar-refractivity contribution in [1.29, 1.82) is 0 Å². The molecule has 0 saturated carbocycles. The maximum absolute atomic E-state index is 11.4. The van der Waals surface area contributed by atoms with Crippen molar-refractivity contribution in [1.82, 2.24) is 9.78 Å². The van der Waals surface area contributed by atoms with Gasteiger partial charge < -0.3 is 0 Å². The van der Waals surface area contributed by atoms with Crippen LogP contribution in [0.25, 0.3) is 0 Å². The first-order valence-electron chi connectivity index (χ1n) is 5.06. The van der Waals surface area contributed by atoms with Gasteiger partial charge >= 0.3 is 0 Å². The summed E-state index contributed by atoms with van der Waals surface area (Å²) in [6, 6.07) is 11.8. The Morgan fingerprint density at radius 2 is 2.00 bits per heavy atom. The normalized spacial score (nSPS) is 10.5. The molecular weight excluding hydrogens is 188 g/mol. The summed E-state index contributed by atoms with van der Waals surface area (Å²) in [7, 11) is 0. The van der Waals surface area contributed by atoms with Crippen molar-refractivity contribution in [2.75, 3.05) is 0 Å². The number of aromatic nitrogens is 2. The summed E-state index contributed by atoms with van der Waals surface area (Å²) in [5, 5.41) is 3.02. The van der Waals surface area contributed by atoms with E-state index in [9.17, 15) is 4.79 Å². The number of aryl methyl sites for hydroxylation is 3. The van der Waals surface area contributed by atoms with Gasteiger partial charge in [-0.2, -0.15) is 0 Å². The van der Waals surface area contributed by atoms with Crippen LogP contribution in [0.1, 0.15) is 11.3 Å². The summed E-state index contributed by atoms with van der Waals surface area (Å²) in [6.07, 6.45) is 0.876. The summed E-state index contributed by atoms with van der Waals surface area (Å²) < 4.78 is 1.64. The maximum Gasteiger partial charge on any atom is 0.266 e. The predicted octanol–water partition coefficient (Wildman–Crippen LogP) is 1.73. The second-order valence-corrected chi connectivity index (χ2v) is 3.66. The average Bonchev–Trinajstić information content (AvgIpc) is 2.56. The number of hydrogen-bond donors (Lipinski definition) is 1. The summed E-state index contributed by atoms with van der Waals surface area (Å²) >= 11 is 0. The van der Waals surface area contributed by atoms with Crippen LogP contribution in [-0.2, 0) is 13.0 Å². The van der Waals surface area contributed by atoms with Gasteiger partial charge in [0, 0.05) is 18.3 Å². The zero-order valence-electron chi connectivity index (χ0n) is 8.73. The highest BCUT2D eigenvalue weighted by molar-refractivity contribution is 5.14. The molecule has 3 nitrogen and oxygen atoms in total. The van der Waals surface area contributed by atoms with Gasteiger partial charge in [0.1, 0.15) is 0 Å². The first kappa shape index (κ1) is 9.77. The highest BCUT2D eigenvalue weighted by Gasteiger charge is 1.99. The minimum absolute atomic E-state index is 0.0448. The molecule has 2 aromatic rings. The van der Waals surface area contributed by atoms with Crippen molar-refractivity contribution >= 4 is 0 Å². The van der Waals surface area contributed by atoms with Crippen LogP contribution in [-0.4, -0.2) is 9.78 Å². The van der Waals surface area contributed by atoms with Crippen molar-refractivity contribution in [3.05, 3.63) is 58.0 Å². The minimum atomic E-state index is 0.0448. The van der Waals surface area contributed by atoms with Crippen LogP contribution in [0, 0.1) is 6.92 Å². The average molecular weight is 202 g/mol. The van der Waals surface area contributed by atoms with E-state index in [0.29, 0.717) is 6.54 Å². The lowest BCUT2D eigenvalue weighted by Crippen LogP contribution is -2.17. The molecule has 0 unspecified atom stereocenters. The first-order valence-corrected chi connectivity index (χ1v) is 5.06. The van der Waals surface area contributed by atoms with Gasteiger partial charge in [-0.3, -0.25) is 14.6 Å². The van der Waals surface area contributed by atoms with Gasteiger partial charge in [0.05, 0.1) is 0 Å². The summed E-state index contributed by atoms with van der Waals surface area (Å²) in [5.41, 5.74) is 2.20. The van der Waals surface area contributed by atoms with Crippen LogP contribution in [0.15, 0.2) is 41.2 Å². The molecule has 0 amide bonds. The van der Waals surface area contributed by atoms with Gasteiger partial charge in [0.25, 0.3) is 5.56 Å². The van der Waals surface area contributed by atoms with E-state index in [1.807, 2.05) is 25.1 Å². The van der Waals surface area contributed by atoms with Gasteiger partial charge in [0.2, 0.25) is 0 Å². The molecule has 2 rings (SSSR count). The molecule has 3 heteroatoms. The monoisotopic (exact) mass is 202 g/mol. The Hall–Kier alpha value is -1.77. The number of nitrogens with one attached hydrogen (secondary N) is 1. The van der Waals surface area contributed by atoms with Crippen molar-refractivity contribution < 1.29 is 0 Å². The Morgan fingerprint density at radius 3 is 2.60 bits per heavy atom. The molecule has 0 aliphatic carbocycles. The number of rotatable bonds is 3. The second-order valence-electron chi connectivity index (χ2n) is 3.66. The molecule has 0 spiro atoms. The predicted molar refractivity (Wildman–Crippen MR) is 59.9 cm³/mol. The fraction of sp³-hybridized carbons (Fsp3) is 0.250. The van der Waals surface area contributed by atoms with Gasteiger partial charge in [0.15, 0.2) is 0 Å². The summed E-state index contributed by atoms with van der Waals surface area (Å²) in [5.74, 6) is 0. The van der Waals surface area contributed by atoms with Crippen molar-refractivity contribution in [2.45, 2.75) is 19.9 Å². The largest absolute Gasteiger partial charge is 0.300 e. The Labute approximate surface area is 88.4 Å². The molecule has 0 radical (unpaired) electrons. The number of H-pyrrole nitrogens is 1. The third kappa shape index (κ3) is 2.37. The molecule has 1 heterocycles. The van der Waals surface area contributed by atoms with E-state index >= 15 is 0 Å². The van der Waals surface area contributed by atoms with E-state index in [4.69, 9.17) is 0 Å². The lowest BCUT2D eigenvalue weighted by atomic mass is 10.1. The molecule has 1 aromatic carbocycles. The summed E-state index contributed by atoms with van der Waals surface area (Å²) in [4.78, 5) is 11.4. The smallest absolute Gasteiger partial charge is 0.266 e. The molecule has 0 saturated heterocycles. The minimum Gasteiger partial charge on any atom is -0.300 e. The highest BCUT2D eigenvalue weighted by Crippen LogP contribution is 2.00. The third-order valence-corrected chi connectivity index (χ3v) is 2.38. The van der Waals surface area contributed by atoms with Gasteiger partial charge in [-0.25, -0.2) is 0 Å². The topological polar surface area (TPSA) is 37.8 Å².